The molecule has 0 amide bonds. The van der Waals surface area contributed by atoms with Gasteiger partial charge in [-0.15, -0.1) is 0 Å². The van der Waals surface area contributed by atoms with Gasteiger partial charge >= 0.3 is 0 Å². The van der Waals surface area contributed by atoms with E-state index in [9.17, 15) is 4.79 Å². The van der Waals surface area contributed by atoms with Crippen LogP contribution in [0.4, 0.5) is 0 Å². The summed E-state index contributed by atoms with van der Waals surface area (Å²) in [6, 6.07) is 0. The van der Waals surface area contributed by atoms with Crippen molar-refractivity contribution >= 4 is 21.7 Å². The Bertz CT molecular complexity index is 614. The Labute approximate surface area is 188 Å². The van der Waals surface area contributed by atoms with Crippen molar-refractivity contribution in [3.8, 4) is 0 Å². The third kappa shape index (κ3) is 3.80. The minimum atomic E-state index is 0.119. The van der Waals surface area contributed by atoms with E-state index < -0.39 is 0 Å². The predicted molar refractivity (Wildman–Crippen MR) is 126 cm³/mol. The van der Waals surface area contributed by atoms with Crippen LogP contribution >= 0.6 is 15.9 Å². The number of hydrogen-bond donors (Lipinski definition) is 0. The molecule has 1 nitrogen and oxygen atoms in total. The third-order valence-electron chi connectivity index (χ3n) is 10.7. The fraction of sp³-hybridized carbons (Fsp3) is 0.963. The first-order valence-electron chi connectivity index (χ1n) is 12.8. The smallest absolute Gasteiger partial charge is 0.146 e. The fourth-order valence-electron chi connectivity index (χ4n) is 9.08. The number of alkyl halides is 1. The van der Waals surface area contributed by atoms with Crippen molar-refractivity contribution < 1.29 is 4.79 Å². The highest BCUT2D eigenvalue weighted by molar-refractivity contribution is 9.10. The van der Waals surface area contributed by atoms with Gasteiger partial charge in [-0.25, -0.2) is 0 Å². The van der Waals surface area contributed by atoms with E-state index in [0.717, 1.165) is 48.3 Å². The van der Waals surface area contributed by atoms with Gasteiger partial charge in [0.2, 0.25) is 0 Å². The zero-order chi connectivity index (χ0) is 21.0. The maximum Gasteiger partial charge on any atom is 0.146 e. The van der Waals surface area contributed by atoms with Crippen molar-refractivity contribution in [1.29, 1.82) is 0 Å². The van der Waals surface area contributed by atoms with Gasteiger partial charge in [-0.1, -0.05) is 69.8 Å². The van der Waals surface area contributed by atoms with Gasteiger partial charge in [0.1, 0.15) is 5.78 Å². The summed E-state index contributed by atoms with van der Waals surface area (Å²) in [5.74, 6) is 6.56. The molecule has 0 bridgehead atoms. The van der Waals surface area contributed by atoms with Crippen LogP contribution in [0.2, 0.25) is 0 Å². The Balaban J connectivity index is 1.48. The molecule has 4 aliphatic carbocycles. The summed E-state index contributed by atoms with van der Waals surface area (Å²) in [6.45, 7) is 12.6. The van der Waals surface area contributed by atoms with E-state index in [4.69, 9.17) is 0 Å². The predicted octanol–water partition coefficient (Wildman–Crippen LogP) is 8.05. The number of halogens is 1. The SMILES string of the molecule is CC(C)CCC[C@H](C)[C@H]1CC[C@H]2[C@@H]3CC[C@@H]4CC(=O)[C@@H](Br)C[C@]4(C)[C@H]3CC[C@]12C. The number of hydrogen-bond acceptors (Lipinski definition) is 1. The normalized spacial score (nSPS) is 48.2. The van der Waals surface area contributed by atoms with Crippen molar-refractivity contribution in [3.05, 3.63) is 0 Å². The Hall–Kier alpha value is 0.150. The van der Waals surface area contributed by atoms with Gasteiger partial charge in [-0.3, -0.25) is 4.79 Å². The standard InChI is InChI=1S/C27H45BrO/c1-17(2)7-6-8-18(3)21-11-12-22-20-10-9-19-15-25(29)24(28)16-27(19,5)23(20)13-14-26(21,22)4/h17-24H,6-16H2,1-5H3/t18-,19+,20-,21+,22-,23-,24-,26+,27-/m0/s1. The first-order chi connectivity index (χ1) is 13.7. The van der Waals surface area contributed by atoms with Crippen molar-refractivity contribution in [2.45, 2.75) is 110 Å². The maximum absolute atomic E-state index is 12.4. The van der Waals surface area contributed by atoms with Crippen LogP contribution in [0.15, 0.2) is 0 Å². The van der Waals surface area contributed by atoms with E-state index in [1.165, 1.54) is 57.8 Å². The molecule has 0 aromatic heterocycles. The average Bonchev–Trinajstić information content (AvgIpc) is 3.00. The van der Waals surface area contributed by atoms with Gasteiger partial charge in [-0.05, 0) is 97.2 Å². The molecular weight excluding hydrogens is 420 g/mol. The highest BCUT2D eigenvalue weighted by Crippen LogP contribution is 2.68. The van der Waals surface area contributed by atoms with Crippen LogP contribution in [0.1, 0.15) is 105 Å². The van der Waals surface area contributed by atoms with E-state index >= 15 is 0 Å². The zero-order valence-corrected chi connectivity index (χ0v) is 21.3. The summed E-state index contributed by atoms with van der Waals surface area (Å²) in [5.41, 5.74) is 0.979. The van der Waals surface area contributed by atoms with E-state index in [1.54, 1.807) is 0 Å². The van der Waals surface area contributed by atoms with Crippen LogP contribution in [-0.4, -0.2) is 10.6 Å². The van der Waals surface area contributed by atoms with Gasteiger partial charge in [-0.2, -0.15) is 0 Å². The minimum Gasteiger partial charge on any atom is -0.298 e. The molecule has 0 aromatic rings. The van der Waals surface area contributed by atoms with E-state index in [-0.39, 0.29) is 4.83 Å². The molecule has 0 aromatic carbocycles. The lowest BCUT2D eigenvalue weighted by Crippen LogP contribution is -2.55. The number of ketones is 1. The lowest BCUT2D eigenvalue weighted by molar-refractivity contribution is -0.139. The molecule has 0 aliphatic heterocycles. The molecule has 0 N–H and O–H groups in total. The summed E-state index contributed by atoms with van der Waals surface area (Å²) in [7, 11) is 0. The number of fused-ring (bicyclic) bond motifs is 5. The first kappa shape index (κ1) is 22.3. The molecule has 2 heteroatoms. The zero-order valence-electron chi connectivity index (χ0n) is 19.7. The van der Waals surface area contributed by atoms with Crippen molar-refractivity contribution in [3.63, 3.8) is 0 Å². The second kappa shape index (κ2) is 8.25. The van der Waals surface area contributed by atoms with E-state index in [1.807, 2.05) is 0 Å². The molecule has 4 aliphatic rings. The molecule has 0 spiro atoms. The van der Waals surface area contributed by atoms with Crippen LogP contribution in [0.25, 0.3) is 0 Å². The quantitative estimate of drug-likeness (QED) is 0.375. The largest absolute Gasteiger partial charge is 0.298 e. The van der Waals surface area contributed by atoms with Gasteiger partial charge in [0.05, 0.1) is 4.83 Å². The average molecular weight is 466 g/mol. The lowest BCUT2D eigenvalue weighted by atomic mass is 9.44. The Kier molecular flexibility index (Phi) is 6.36. The minimum absolute atomic E-state index is 0.119. The highest BCUT2D eigenvalue weighted by Gasteiger charge is 2.61. The molecular formula is C27H45BrO. The third-order valence-corrected chi connectivity index (χ3v) is 11.5. The van der Waals surface area contributed by atoms with Crippen LogP contribution in [0, 0.1) is 52.3 Å². The topological polar surface area (TPSA) is 17.1 Å². The van der Waals surface area contributed by atoms with Gasteiger partial charge in [0, 0.05) is 6.42 Å². The summed E-state index contributed by atoms with van der Waals surface area (Å²) in [6.07, 6.45) is 14.7. The molecule has 4 saturated carbocycles. The van der Waals surface area contributed by atoms with Crippen molar-refractivity contribution in [2.75, 3.05) is 0 Å². The number of carbonyl (C=O) groups is 1. The fourth-order valence-corrected chi connectivity index (χ4v) is 9.97. The molecule has 4 rings (SSSR count). The molecule has 166 valence electrons. The summed E-state index contributed by atoms with van der Waals surface area (Å²) in [5, 5.41) is 0. The molecule has 4 fully saturated rings. The molecule has 0 radical (unpaired) electrons. The molecule has 0 unspecified atom stereocenters. The van der Waals surface area contributed by atoms with Crippen LogP contribution in [0.5, 0.6) is 0 Å². The van der Waals surface area contributed by atoms with Gasteiger partial charge in [0.15, 0.2) is 0 Å². The van der Waals surface area contributed by atoms with Crippen LogP contribution in [-0.2, 0) is 4.79 Å². The summed E-state index contributed by atoms with van der Waals surface area (Å²) < 4.78 is 0. The monoisotopic (exact) mass is 464 g/mol. The maximum atomic E-state index is 12.4. The molecule has 0 heterocycles. The van der Waals surface area contributed by atoms with Gasteiger partial charge in [0.25, 0.3) is 0 Å². The van der Waals surface area contributed by atoms with E-state index in [0.29, 0.717) is 22.5 Å². The Morgan fingerprint density at radius 3 is 2.41 bits per heavy atom. The summed E-state index contributed by atoms with van der Waals surface area (Å²) in [4.78, 5) is 12.5. The van der Waals surface area contributed by atoms with Crippen molar-refractivity contribution in [1.82, 2.24) is 0 Å². The molecule has 29 heavy (non-hydrogen) atoms. The number of rotatable bonds is 5. The number of carbonyl (C=O) groups excluding carboxylic acids is 1. The Morgan fingerprint density at radius 1 is 0.966 bits per heavy atom. The molecule has 9 atom stereocenters. The highest BCUT2D eigenvalue weighted by atomic mass is 79.9. The lowest BCUT2D eigenvalue weighted by Gasteiger charge is -2.61. The van der Waals surface area contributed by atoms with Crippen LogP contribution < -0.4 is 0 Å². The second-order valence-electron chi connectivity index (χ2n) is 12.5. The van der Waals surface area contributed by atoms with Gasteiger partial charge < -0.3 is 0 Å². The number of Topliss-reactive ketones (excluding diaryl/α,β-unsaturated/α-hetero) is 1. The summed E-state index contributed by atoms with van der Waals surface area (Å²) >= 11 is 3.75. The van der Waals surface area contributed by atoms with Crippen molar-refractivity contribution in [2.24, 2.45) is 52.3 Å². The van der Waals surface area contributed by atoms with E-state index in [2.05, 4.69) is 50.5 Å². The first-order valence-corrected chi connectivity index (χ1v) is 13.7. The Morgan fingerprint density at radius 2 is 1.69 bits per heavy atom. The molecule has 0 saturated heterocycles. The van der Waals surface area contributed by atoms with Crippen LogP contribution in [0.3, 0.4) is 0 Å². The second-order valence-corrected chi connectivity index (χ2v) is 13.6.